The SMILES string of the molecule is CCCNC(C)c1ccc(N(CC)CC(C)C#N)cn1. The maximum atomic E-state index is 8.92. The molecule has 2 atom stereocenters. The molecule has 0 aliphatic rings. The Balaban J connectivity index is 2.71. The van der Waals surface area contributed by atoms with E-state index < -0.39 is 0 Å². The second-order valence-electron chi connectivity index (χ2n) is 5.19. The lowest BCUT2D eigenvalue weighted by Gasteiger charge is -2.24. The van der Waals surface area contributed by atoms with Crippen LogP contribution in [-0.4, -0.2) is 24.6 Å². The minimum absolute atomic E-state index is 0.0276. The second kappa shape index (κ2) is 8.55. The molecule has 2 unspecified atom stereocenters. The summed E-state index contributed by atoms with van der Waals surface area (Å²) < 4.78 is 0. The van der Waals surface area contributed by atoms with Crippen LogP contribution >= 0.6 is 0 Å². The Morgan fingerprint density at radius 2 is 2.10 bits per heavy atom. The quantitative estimate of drug-likeness (QED) is 0.791. The van der Waals surface area contributed by atoms with E-state index >= 15 is 0 Å². The topological polar surface area (TPSA) is 52.0 Å². The van der Waals surface area contributed by atoms with Gasteiger partial charge >= 0.3 is 0 Å². The van der Waals surface area contributed by atoms with Crippen molar-refractivity contribution in [3.63, 3.8) is 0 Å². The van der Waals surface area contributed by atoms with E-state index in [0.717, 1.165) is 37.4 Å². The lowest BCUT2D eigenvalue weighted by Crippen LogP contribution is -2.28. The van der Waals surface area contributed by atoms with Crippen molar-refractivity contribution in [2.45, 2.75) is 40.2 Å². The van der Waals surface area contributed by atoms with Gasteiger partial charge in [-0.2, -0.15) is 5.26 Å². The Kier molecular flexibility index (Phi) is 7.03. The third kappa shape index (κ3) is 4.82. The van der Waals surface area contributed by atoms with E-state index in [0.29, 0.717) is 0 Å². The normalized spacial score (nSPS) is 13.6. The zero-order valence-corrected chi connectivity index (χ0v) is 13.1. The van der Waals surface area contributed by atoms with E-state index in [1.165, 1.54) is 0 Å². The molecule has 0 aromatic carbocycles. The van der Waals surface area contributed by atoms with Crippen LogP contribution in [0.2, 0.25) is 0 Å². The number of pyridine rings is 1. The highest BCUT2D eigenvalue weighted by molar-refractivity contribution is 5.44. The van der Waals surface area contributed by atoms with Crippen LogP contribution in [0.15, 0.2) is 18.3 Å². The molecule has 1 aromatic rings. The molecule has 0 spiro atoms. The van der Waals surface area contributed by atoms with Crippen LogP contribution in [-0.2, 0) is 0 Å². The molecule has 0 aliphatic carbocycles. The van der Waals surface area contributed by atoms with Gasteiger partial charge in [-0.05, 0) is 45.9 Å². The van der Waals surface area contributed by atoms with Gasteiger partial charge in [-0.25, -0.2) is 0 Å². The molecule has 0 saturated carbocycles. The van der Waals surface area contributed by atoms with E-state index in [2.05, 4.69) is 54.2 Å². The zero-order valence-electron chi connectivity index (χ0n) is 13.1. The predicted molar refractivity (Wildman–Crippen MR) is 83.6 cm³/mol. The predicted octanol–water partition coefficient (Wildman–Crippen LogP) is 3.13. The third-order valence-corrected chi connectivity index (χ3v) is 3.38. The first kappa shape index (κ1) is 16.5. The number of nitrogens with one attached hydrogen (secondary N) is 1. The van der Waals surface area contributed by atoms with Crippen LogP contribution in [0.25, 0.3) is 0 Å². The van der Waals surface area contributed by atoms with Crippen LogP contribution in [0.1, 0.15) is 45.9 Å². The Labute approximate surface area is 122 Å². The summed E-state index contributed by atoms with van der Waals surface area (Å²) in [7, 11) is 0. The van der Waals surface area contributed by atoms with Crippen LogP contribution in [0.4, 0.5) is 5.69 Å². The fraction of sp³-hybridized carbons (Fsp3) is 0.625. The van der Waals surface area contributed by atoms with Crippen molar-refractivity contribution in [2.24, 2.45) is 5.92 Å². The molecule has 0 radical (unpaired) electrons. The maximum absolute atomic E-state index is 8.92. The van der Waals surface area contributed by atoms with Crippen molar-refractivity contribution in [1.29, 1.82) is 5.26 Å². The second-order valence-corrected chi connectivity index (χ2v) is 5.19. The smallest absolute Gasteiger partial charge is 0.0671 e. The average molecular weight is 274 g/mol. The first-order chi connectivity index (χ1) is 9.62. The van der Waals surface area contributed by atoms with Gasteiger partial charge in [0.05, 0.1) is 29.6 Å². The Morgan fingerprint density at radius 3 is 2.60 bits per heavy atom. The van der Waals surface area contributed by atoms with Crippen molar-refractivity contribution < 1.29 is 0 Å². The number of rotatable bonds is 8. The molecule has 0 aliphatic heterocycles. The summed E-state index contributed by atoms with van der Waals surface area (Å²) >= 11 is 0. The average Bonchev–Trinajstić information content (AvgIpc) is 2.50. The van der Waals surface area contributed by atoms with E-state index in [-0.39, 0.29) is 12.0 Å². The lowest BCUT2D eigenvalue weighted by atomic mass is 10.1. The van der Waals surface area contributed by atoms with Crippen LogP contribution in [0.3, 0.4) is 0 Å². The van der Waals surface area contributed by atoms with Crippen molar-refractivity contribution in [2.75, 3.05) is 24.5 Å². The van der Waals surface area contributed by atoms with Gasteiger partial charge < -0.3 is 10.2 Å². The standard InChI is InChI=1S/C16H26N4/c1-5-9-18-14(4)16-8-7-15(11-19-16)20(6-2)12-13(3)10-17/h7-8,11,13-14,18H,5-6,9,12H2,1-4H3. The molecule has 4 nitrogen and oxygen atoms in total. The Morgan fingerprint density at radius 1 is 1.35 bits per heavy atom. The summed E-state index contributed by atoms with van der Waals surface area (Å²) in [5.41, 5.74) is 2.15. The van der Waals surface area contributed by atoms with Gasteiger partial charge in [0.2, 0.25) is 0 Å². The highest BCUT2D eigenvalue weighted by Crippen LogP contribution is 2.17. The molecular formula is C16H26N4. The van der Waals surface area contributed by atoms with Gasteiger partial charge in [0.25, 0.3) is 0 Å². The Hall–Kier alpha value is -1.60. The summed E-state index contributed by atoms with van der Waals surface area (Å²) in [5, 5.41) is 12.4. The largest absolute Gasteiger partial charge is 0.369 e. The molecule has 0 fully saturated rings. The fourth-order valence-electron chi connectivity index (χ4n) is 2.09. The lowest BCUT2D eigenvalue weighted by molar-refractivity contribution is 0.558. The summed E-state index contributed by atoms with van der Waals surface area (Å²) in [6.45, 7) is 11.0. The van der Waals surface area contributed by atoms with Gasteiger partial charge in [-0.15, -0.1) is 0 Å². The van der Waals surface area contributed by atoms with Crippen LogP contribution < -0.4 is 10.2 Å². The monoisotopic (exact) mass is 274 g/mol. The van der Waals surface area contributed by atoms with Gasteiger partial charge in [0.15, 0.2) is 0 Å². The molecule has 0 bridgehead atoms. The highest BCUT2D eigenvalue weighted by atomic mass is 15.1. The number of aromatic nitrogens is 1. The van der Waals surface area contributed by atoms with Crippen molar-refractivity contribution in [3.8, 4) is 6.07 Å². The number of nitriles is 1. The molecule has 0 amide bonds. The number of anilines is 1. The minimum atomic E-state index is 0.0276. The molecule has 1 rings (SSSR count). The summed E-state index contributed by atoms with van der Waals surface area (Å²) in [4.78, 5) is 6.74. The zero-order chi connectivity index (χ0) is 15.0. The van der Waals surface area contributed by atoms with Crippen molar-refractivity contribution >= 4 is 5.69 Å². The van der Waals surface area contributed by atoms with Crippen molar-refractivity contribution in [1.82, 2.24) is 10.3 Å². The van der Waals surface area contributed by atoms with Crippen LogP contribution in [0.5, 0.6) is 0 Å². The number of hydrogen-bond donors (Lipinski definition) is 1. The van der Waals surface area contributed by atoms with E-state index in [1.807, 2.05) is 13.1 Å². The number of hydrogen-bond acceptors (Lipinski definition) is 4. The third-order valence-electron chi connectivity index (χ3n) is 3.38. The fourth-order valence-corrected chi connectivity index (χ4v) is 2.09. The summed E-state index contributed by atoms with van der Waals surface area (Å²) in [6, 6.07) is 6.72. The van der Waals surface area contributed by atoms with Gasteiger partial charge in [-0.1, -0.05) is 6.92 Å². The van der Waals surface area contributed by atoms with Gasteiger partial charge in [0.1, 0.15) is 0 Å². The summed E-state index contributed by atoms with van der Waals surface area (Å²) in [6.07, 6.45) is 3.03. The highest BCUT2D eigenvalue weighted by Gasteiger charge is 2.11. The van der Waals surface area contributed by atoms with Crippen LogP contribution in [0, 0.1) is 17.2 Å². The molecule has 20 heavy (non-hydrogen) atoms. The first-order valence-corrected chi connectivity index (χ1v) is 7.46. The molecule has 1 N–H and O–H groups in total. The molecule has 1 heterocycles. The molecular weight excluding hydrogens is 248 g/mol. The molecule has 0 saturated heterocycles. The van der Waals surface area contributed by atoms with E-state index in [1.54, 1.807) is 0 Å². The molecule has 4 heteroatoms. The van der Waals surface area contributed by atoms with Gasteiger partial charge in [-0.3, -0.25) is 4.98 Å². The summed E-state index contributed by atoms with van der Waals surface area (Å²) in [5.74, 6) is 0.0276. The van der Waals surface area contributed by atoms with Crippen molar-refractivity contribution in [3.05, 3.63) is 24.0 Å². The van der Waals surface area contributed by atoms with E-state index in [4.69, 9.17) is 5.26 Å². The maximum Gasteiger partial charge on any atom is 0.0671 e. The molecule has 1 aromatic heterocycles. The van der Waals surface area contributed by atoms with E-state index in [9.17, 15) is 0 Å². The molecule has 110 valence electrons. The first-order valence-electron chi connectivity index (χ1n) is 7.46. The van der Waals surface area contributed by atoms with Gasteiger partial charge in [0, 0.05) is 19.1 Å². The minimum Gasteiger partial charge on any atom is -0.369 e. The number of nitrogens with zero attached hydrogens (tertiary/aromatic N) is 3. The Bertz CT molecular complexity index is 421.